The Morgan fingerprint density at radius 2 is 2.32 bits per heavy atom. The Morgan fingerprint density at radius 3 is 3.05 bits per heavy atom. The van der Waals surface area contributed by atoms with Gasteiger partial charge < -0.3 is 5.32 Å². The van der Waals surface area contributed by atoms with Crippen molar-refractivity contribution in [2.24, 2.45) is 5.92 Å². The zero-order valence-electron chi connectivity index (χ0n) is 11.4. The van der Waals surface area contributed by atoms with Gasteiger partial charge in [-0.15, -0.1) is 0 Å². The van der Waals surface area contributed by atoms with E-state index in [9.17, 15) is 4.79 Å². The van der Waals surface area contributed by atoms with Gasteiger partial charge >= 0.3 is 0 Å². The smallest absolute Gasteiger partial charge is 0.252 e. The Bertz CT molecular complexity index is 495. The fourth-order valence-electron chi connectivity index (χ4n) is 1.72. The minimum absolute atomic E-state index is 0.0448. The Morgan fingerprint density at radius 1 is 1.47 bits per heavy atom. The van der Waals surface area contributed by atoms with Crippen LogP contribution in [0.25, 0.3) is 0 Å². The molecule has 1 amide bonds. The van der Waals surface area contributed by atoms with Crippen LogP contribution in [0.5, 0.6) is 0 Å². The van der Waals surface area contributed by atoms with Gasteiger partial charge in [0.25, 0.3) is 5.91 Å². The predicted octanol–water partition coefficient (Wildman–Crippen LogP) is 2.76. The number of pyridine rings is 1. The van der Waals surface area contributed by atoms with Crippen molar-refractivity contribution >= 4 is 5.91 Å². The van der Waals surface area contributed by atoms with Crippen LogP contribution in [0.15, 0.2) is 18.5 Å². The Hall–Kier alpha value is -1.82. The maximum absolute atomic E-state index is 11.9. The van der Waals surface area contributed by atoms with E-state index in [0.717, 1.165) is 31.4 Å². The van der Waals surface area contributed by atoms with Crippen molar-refractivity contribution in [3.05, 3.63) is 29.6 Å². The highest BCUT2D eigenvalue weighted by Crippen LogP contribution is 2.27. The summed E-state index contributed by atoms with van der Waals surface area (Å²) >= 11 is 0. The van der Waals surface area contributed by atoms with Gasteiger partial charge in [-0.1, -0.05) is 25.2 Å². The van der Waals surface area contributed by atoms with Gasteiger partial charge in [0.05, 0.1) is 5.56 Å². The molecule has 1 fully saturated rings. The van der Waals surface area contributed by atoms with Crippen LogP contribution in [0.2, 0.25) is 0 Å². The molecule has 1 N–H and O–H groups in total. The number of amides is 1. The van der Waals surface area contributed by atoms with E-state index in [1.807, 2.05) is 6.07 Å². The summed E-state index contributed by atoms with van der Waals surface area (Å²) in [6.07, 6.45) is 8.94. The van der Waals surface area contributed by atoms with Gasteiger partial charge in [0.1, 0.15) is 0 Å². The maximum Gasteiger partial charge on any atom is 0.252 e. The first-order valence-corrected chi connectivity index (χ1v) is 7.01. The molecule has 100 valence electrons. The molecule has 0 spiro atoms. The zero-order chi connectivity index (χ0) is 13.5. The molecule has 1 aromatic rings. The molecule has 1 heterocycles. The summed E-state index contributed by atoms with van der Waals surface area (Å²) in [6, 6.07) is 1.81. The molecule has 1 saturated carbocycles. The molecule has 1 aromatic heterocycles. The van der Waals surface area contributed by atoms with Gasteiger partial charge in [0.2, 0.25) is 0 Å². The van der Waals surface area contributed by atoms with Crippen molar-refractivity contribution in [1.29, 1.82) is 0 Å². The highest BCUT2D eigenvalue weighted by atomic mass is 16.1. The highest BCUT2D eigenvalue weighted by molar-refractivity contribution is 5.94. The van der Waals surface area contributed by atoms with Crippen molar-refractivity contribution in [3.63, 3.8) is 0 Å². The van der Waals surface area contributed by atoms with Crippen LogP contribution >= 0.6 is 0 Å². The fourth-order valence-corrected chi connectivity index (χ4v) is 1.72. The van der Waals surface area contributed by atoms with Crippen molar-refractivity contribution in [1.82, 2.24) is 10.3 Å². The molecule has 2 rings (SSSR count). The Labute approximate surface area is 114 Å². The van der Waals surface area contributed by atoms with E-state index in [1.165, 1.54) is 12.8 Å². The molecule has 1 aliphatic rings. The van der Waals surface area contributed by atoms with Crippen LogP contribution in [0, 0.1) is 17.8 Å². The van der Waals surface area contributed by atoms with Crippen LogP contribution in [0.3, 0.4) is 0 Å². The number of carbonyl (C=O) groups is 1. The van der Waals surface area contributed by atoms with Gasteiger partial charge in [-0.05, 0) is 31.2 Å². The number of carbonyl (C=O) groups excluding carboxylic acids is 1. The lowest BCUT2D eigenvalue weighted by molar-refractivity contribution is 0.0951. The van der Waals surface area contributed by atoms with Gasteiger partial charge in [-0.3, -0.25) is 9.78 Å². The van der Waals surface area contributed by atoms with E-state index >= 15 is 0 Å². The quantitative estimate of drug-likeness (QED) is 0.650. The molecule has 19 heavy (non-hydrogen) atoms. The van der Waals surface area contributed by atoms with Crippen LogP contribution in [-0.4, -0.2) is 17.4 Å². The standard InChI is InChI=1S/C16H20N2O/c1-2-3-4-5-6-14-9-15(12-17-10-14)16(19)18-11-13-7-8-13/h9-10,12-13H,2-4,7-8,11H2,1H3,(H,18,19). The first-order valence-electron chi connectivity index (χ1n) is 7.01. The molecule has 0 aliphatic heterocycles. The molecule has 0 saturated heterocycles. The summed E-state index contributed by atoms with van der Waals surface area (Å²) in [5.41, 5.74) is 1.41. The van der Waals surface area contributed by atoms with Crippen molar-refractivity contribution < 1.29 is 4.79 Å². The molecule has 0 unspecified atom stereocenters. The van der Waals surface area contributed by atoms with Gasteiger partial charge in [0, 0.05) is 30.9 Å². The minimum atomic E-state index is -0.0448. The third kappa shape index (κ3) is 4.75. The van der Waals surface area contributed by atoms with Crippen LogP contribution in [-0.2, 0) is 0 Å². The average Bonchev–Trinajstić information content (AvgIpc) is 3.25. The molecular formula is C16H20N2O. The molecular weight excluding hydrogens is 236 g/mol. The van der Waals surface area contributed by atoms with E-state index in [2.05, 4.69) is 29.1 Å². The SMILES string of the molecule is CCCCC#Cc1cncc(C(=O)NCC2CC2)c1. The summed E-state index contributed by atoms with van der Waals surface area (Å²) in [6.45, 7) is 2.93. The summed E-state index contributed by atoms with van der Waals surface area (Å²) in [7, 11) is 0. The van der Waals surface area contributed by atoms with E-state index < -0.39 is 0 Å². The maximum atomic E-state index is 11.9. The second-order valence-electron chi connectivity index (χ2n) is 5.02. The number of nitrogens with zero attached hydrogens (tertiary/aromatic N) is 1. The third-order valence-corrected chi connectivity index (χ3v) is 3.14. The molecule has 0 bridgehead atoms. The number of hydrogen-bond acceptors (Lipinski definition) is 2. The zero-order valence-corrected chi connectivity index (χ0v) is 11.4. The predicted molar refractivity (Wildman–Crippen MR) is 75.7 cm³/mol. The lowest BCUT2D eigenvalue weighted by atomic mass is 10.2. The lowest BCUT2D eigenvalue weighted by Gasteiger charge is -2.03. The topological polar surface area (TPSA) is 42.0 Å². The third-order valence-electron chi connectivity index (χ3n) is 3.14. The molecule has 1 aliphatic carbocycles. The summed E-state index contributed by atoms with van der Waals surface area (Å²) in [4.78, 5) is 16.0. The number of aromatic nitrogens is 1. The second kappa shape index (κ2) is 6.94. The van der Waals surface area contributed by atoms with E-state index in [0.29, 0.717) is 11.5 Å². The first kappa shape index (κ1) is 13.6. The monoisotopic (exact) mass is 256 g/mol. The molecule has 3 heteroatoms. The van der Waals surface area contributed by atoms with Crippen LogP contribution in [0.1, 0.15) is 54.9 Å². The normalized spacial score (nSPS) is 13.5. The van der Waals surface area contributed by atoms with Crippen molar-refractivity contribution in [2.45, 2.75) is 39.0 Å². The number of hydrogen-bond donors (Lipinski definition) is 1. The van der Waals surface area contributed by atoms with Crippen molar-refractivity contribution in [3.8, 4) is 11.8 Å². The molecule has 3 nitrogen and oxygen atoms in total. The second-order valence-corrected chi connectivity index (χ2v) is 5.02. The highest BCUT2D eigenvalue weighted by Gasteiger charge is 2.21. The Balaban J connectivity index is 1.92. The van der Waals surface area contributed by atoms with Crippen LogP contribution < -0.4 is 5.32 Å². The molecule has 0 radical (unpaired) electrons. The number of nitrogens with one attached hydrogen (secondary N) is 1. The average molecular weight is 256 g/mol. The minimum Gasteiger partial charge on any atom is -0.352 e. The van der Waals surface area contributed by atoms with Gasteiger partial charge in [-0.2, -0.15) is 0 Å². The Kier molecular flexibility index (Phi) is 4.97. The lowest BCUT2D eigenvalue weighted by Crippen LogP contribution is -2.25. The molecule has 0 atom stereocenters. The number of rotatable bonds is 5. The molecule has 0 aromatic carbocycles. The van der Waals surface area contributed by atoms with Gasteiger partial charge in [-0.25, -0.2) is 0 Å². The summed E-state index contributed by atoms with van der Waals surface area (Å²) < 4.78 is 0. The van der Waals surface area contributed by atoms with E-state index in [1.54, 1.807) is 12.4 Å². The van der Waals surface area contributed by atoms with Crippen LogP contribution in [0.4, 0.5) is 0 Å². The summed E-state index contributed by atoms with van der Waals surface area (Å²) in [5.74, 6) is 6.81. The van der Waals surface area contributed by atoms with E-state index in [-0.39, 0.29) is 5.91 Å². The summed E-state index contributed by atoms with van der Waals surface area (Å²) in [5, 5.41) is 2.94. The first-order chi connectivity index (χ1) is 9.29. The largest absolute Gasteiger partial charge is 0.352 e. The number of unbranched alkanes of at least 4 members (excludes halogenated alkanes) is 2. The fraction of sp³-hybridized carbons (Fsp3) is 0.500. The van der Waals surface area contributed by atoms with Crippen molar-refractivity contribution in [2.75, 3.05) is 6.54 Å². The van der Waals surface area contributed by atoms with Gasteiger partial charge in [0.15, 0.2) is 0 Å². The van der Waals surface area contributed by atoms with E-state index in [4.69, 9.17) is 0 Å².